The molecule has 1 aromatic rings. The Morgan fingerprint density at radius 3 is 2.94 bits per heavy atom. The molecule has 0 atom stereocenters. The zero-order valence-corrected chi connectivity index (χ0v) is 10.6. The van der Waals surface area contributed by atoms with Crippen molar-refractivity contribution >= 4 is 17.2 Å². The van der Waals surface area contributed by atoms with E-state index in [1.165, 1.54) is 16.9 Å². The topological polar surface area (TPSA) is 55.1 Å². The lowest BCUT2D eigenvalue weighted by molar-refractivity contribution is 0.0950. The van der Waals surface area contributed by atoms with Crippen LogP contribution in [0.2, 0.25) is 0 Å². The minimum atomic E-state index is -0.352. The van der Waals surface area contributed by atoms with Crippen LogP contribution < -0.4 is 11.1 Å². The quantitative estimate of drug-likeness (QED) is 0.842. The van der Waals surface area contributed by atoms with Gasteiger partial charge >= 0.3 is 0 Å². The number of carbonyl (C=O) groups excluding carboxylic acids is 1. The molecule has 0 unspecified atom stereocenters. The summed E-state index contributed by atoms with van der Waals surface area (Å²) in [6, 6.07) is 2.03. The Labute approximate surface area is 100 Å². The van der Waals surface area contributed by atoms with Crippen molar-refractivity contribution in [2.24, 2.45) is 5.73 Å². The molecule has 1 amide bonds. The largest absolute Gasteiger partial charge is 0.350 e. The molecular formula is C12H18N2OS. The maximum atomic E-state index is 11.8. The molecule has 2 rings (SSSR count). The van der Waals surface area contributed by atoms with E-state index in [9.17, 15) is 4.79 Å². The van der Waals surface area contributed by atoms with Crippen molar-refractivity contribution in [2.45, 2.75) is 38.6 Å². The molecule has 88 valence electrons. The lowest BCUT2D eigenvalue weighted by Crippen LogP contribution is -2.44. The first kappa shape index (κ1) is 11.6. The third-order valence-corrected chi connectivity index (χ3v) is 3.91. The summed E-state index contributed by atoms with van der Waals surface area (Å²) in [7, 11) is 0. The number of fused-ring (bicyclic) bond motifs is 1. The number of thiophene rings is 1. The normalized spacial score (nSPS) is 14.9. The van der Waals surface area contributed by atoms with Gasteiger partial charge in [-0.1, -0.05) is 0 Å². The second-order valence-electron chi connectivity index (χ2n) is 5.08. The van der Waals surface area contributed by atoms with Gasteiger partial charge in [-0.15, -0.1) is 11.3 Å². The summed E-state index contributed by atoms with van der Waals surface area (Å²) < 4.78 is 0. The Kier molecular flexibility index (Phi) is 3.04. The molecule has 0 aliphatic heterocycles. The van der Waals surface area contributed by atoms with Crippen LogP contribution >= 0.6 is 11.3 Å². The Morgan fingerprint density at radius 2 is 2.31 bits per heavy atom. The highest BCUT2D eigenvalue weighted by molar-refractivity contribution is 7.14. The lowest BCUT2D eigenvalue weighted by atomic mass is 10.1. The van der Waals surface area contributed by atoms with Crippen molar-refractivity contribution in [1.29, 1.82) is 0 Å². The van der Waals surface area contributed by atoms with Crippen LogP contribution in [0.25, 0.3) is 0 Å². The highest BCUT2D eigenvalue weighted by atomic mass is 32.1. The zero-order valence-electron chi connectivity index (χ0n) is 9.80. The van der Waals surface area contributed by atoms with Crippen LogP contribution in [0, 0.1) is 0 Å². The summed E-state index contributed by atoms with van der Waals surface area (Å²) in [5, 5.41) is 2.87. The molecule has 1 aliphatic carbocycles. The fourth-order valence-corrected chi connectivity index (χ4v) is 3.01. The number of hydrogen-bond acceptors (Lipinski definition) is 3. The van der Waals surface area contributed by atoms with Gasteiger partial charge in [0.15, 0.2) is 0 Å². The van der Waals surface area contributed by atoms with Crippen LogP contribution in [0.4, 0.5) is 0 Å². The van der Waals surface area contributed by atoms with E-state index in [2.05, 4.69) is 5.32 Å². The van der Waals surface area contributed by atoms with E-state index in [0.29, 0.717) is 6.54 Å². The predicted molar refractivity (Wildman–Crippen MR) is 66.9 cm³/mol. The molecule has 1 aliphatic rings. The van der Waals surface area contributed by atoms with Crippen molar-refractivity contribution in [3.63, 3.8) is 0 Å². The zero-order chi connectivity index (χ0) is 11.8. The molecule has 0 radical (unpaired) electrons. The fourth-order valence-electron chi connectivity index (χ4n) is 1.84. The average Bonchev–Trinajstić information content (AvgIpc) is 2.71. The molecule has 4 heteroatoms. The number of amides is 1. The first-order valence-electron chi connectivity index (χ1n) is 5.64. The van der Waals surface area contributed by atoms with Crippen molar-refractivity contribution in [2.75, 3.05) is 6.54 Å². The molecule has 0 saturated carbocycles. The third-order valence-electron chi connectivity index (χ3n) is 2.67. The van der Waals surface area contributed by atoms with Crippen LogP contribution in [0.3, 0.4) is 0 Å². The molecule has 16 heavy (non-hydrogen) atoms. The van der Waals surface area contributed by atoms with Crippen LogP contribution in [0.1, 0.15) is 40.4 Å². The van der Waals surface area contributed by atoms with E-state index >= 15 is 0 Å². The Bertz CT molecular complexity index is 382. The van der Waals surface area contributed by atoms with Crippen LogP contribution in [0.5, 0.6) is 0 Å². The van der Waals surface area contributed by atoms with Gasteiger partial charge in [-0.2, -0.15) is 0 Å². The number of carbonyl (C=O) groups is 1. The maximum absolute atomic E-state index is 11.8. The van der Waals surface area contributed by atoms with Crippen LogP contribution in [-0.2, 0) is 12.8 Å². The number of hydrogen-bond donors (Lipinski definition) is 2. The van der Waals surface area contributed by atoms with E-state index in [1.54, 1.807) is 11.3 Å². The van der Waals surface area contributed by atoms with Gasteiger partial charge in [-0.05, 0) is 44.7 Å². The fraction of sp³-hybridized carbons (Fsp3) is 0.583. The highest BCUT2D eigenvalue weighted by Crippen LogP contribution is 2.30. The summed E-state index contributed by atoms with van der Waals surface area (Å²) in [6.45, 7) is 4.32. The second kappa shape index (κ2) is 4.18. The van der Waals surface area contributed by atoms with Crippen molar-refractivity contribution in [3.8, 4) is 0 Å². The number of aryl methyl sites for hydroxylation is 2. The SMILES string of the molecule is CC(C)(N)CNC(=O)c1cc2c(s1)CCC2. The van der Waals surface area contributed by atoms with Crippen molar-refractivity contribution < 1.29 is 4.79 Å². The molecular weight excluding hydrogens is 220 g/mol. The molecule has 0 bridgehead atoms. The molecule has 1 aromatic heterocycles. The van der Waals surface area contributed by atoms with Crippen LogP contribution in [-0.4, -0.2) is 18.0 Å². The summed E-state index contributed by atoms with van der Waals surface area (Å²) >= 11 is 1.63. The molecule has 0 spiro atoms. The molecule has 0 fully saturated rings. The maximum Gasteiger partial charge on any atom is 0.261 e. The van der Waals surface area contributed by atoms with Crippen LogP contribution in [0.15, 0.2) is 6.07 Å². The number of nitrogens with two attached hydrogens (primary N) is 1. The van der Waals surface area contributed by atoms with Gasteiger partial charge in [0.25, 0.3) is 5.91 Å². The van der Waals surface area contributed by atoms with Gasteiger partial charge in [0.05, 0.1) is 4.88 Å². The highest BCUT2D eigenvalue weighted by Gasteiger charge is 2.19. The number of rotatable bonds is 3. The smallest absolute Gasteiger partial charge is 0.261 e. The Hall–Kier alpha value is -0.870. The van der Waals surface area contributed by atoms with E-state index in [1.807, 2.05) is 19.9 Å². The average molecular weight is 238 g/mol. The second-order valence-corrected chi connectivity index (χ2v) is 6.22. The summed E-state index contributed by atoms with van der Waals surface area (Å²) in [4.78, 5) is 14.1. The molecule has 3 N–H and O–H groups in total. The van der Waals surface area contributed by atoms with E-state index in [4.69, 9.17) is 5.73 Å². The molecule has 0 saturated heterocycles. The third kappa shape index (κ3) is 2.62. The van der Waals surface area contributed by atoms with Gasteiger partial charge in [0, 0.05) is 17.0 Å². The van der Waals surface area contributed by atoms with Gasteiger partial charge < -0.3 is 11.1 Å². The van der Waals surface area contributed by atoms with Gasteiger partial charge in [0.2, 0.25) is 0 Å². The van der Waals surface area contributed by atoms with Gasteiger partial charge in [0.1, 0.15) is 0 Å². The number of nitrogens with one attached hydrogen (secondary N) is 1. The van der Waals surface area contributed by atoms with Crippen molar-refractivity contribution in [1.82, 2.24) is 5.32 Å². The standard InChI is InChI=1S/C12H18N2OS/c1-12(2,13)7-14-11(15)10-6-8-4-3-5-9(8)16-10/h6H,3-5,7,13H2,1-2H3,(H,14,15). The molecule has 3 nitrogen and oxygen atoms in total. The van der Waals surface area contributed by atoms with E-state index in [0.717, 1.165) is 17.7 Å². The lowest BCUT2D eigenvalue weighted by Gasteiger charge is -2.18. The Morgan fingerprint density at radius 1 is 1.56 bits per heavy atom. The molecule has 0 aromatic carbocycles. The monoisotopic (exact) mass is 238 g/mol. The summed E-state index contributed by atoms with van der Waals surface area (Å²) in [5.74, 6) is 0.0120. The van der Waals surface area contributed by atoms with E-state index in [-0.39, 0.29) is 11.4 Å². The Balaban J connectivity index is 1.99. The predicted octanol–water partition coefficient (Wildman–Crippen LogP) is 1.70. The summed E-state index contributed by atoms with van der Waals surface area (Å²) in [6.07, 6.45) is 3.50. The first-order chi connectivity index (χ1) is 7.46. The minimum Gasteiger partial charge on any atom is -0.350 e. The summed E-state index contributed by atoms with van der Waals surface area (Å²) in [5.41, 5.74) is 6.83. The van der Waals surface area contributed by atoms with Crippen molar-refractivity contribution in [3.05, 3.63) is 21.4 Å². The van der Waals surface area contributed by atoms with Gasteiger partial charge in [-0.25, -0.2) is 0 Å². The van der Waals surface area contributed by atoms with Gasteiger partial charge in [-0.3, -0.25) is 4.79 Å². The van der Waals surface area contributed by atoms with E-state index < -0.39 is 0 Å². The first-order valence-corrected chi connectivity index (χ1v) is 6.46. The minimum absolute atomic E-state index is 0.0120. The molecule has 1 heterocycles.